The molecular weight excluding hydrogens is 409 g/mol. The topological polar surface area (TPSA) is 63.7 Å². The number of esters is 1. The van der Waals surface area contributed by atoms with Gasteiger partial charge in [-0.2, -0.15) is 0 Å². The fourth-order valence-electron chi connectivity index (χ4n) is 2.94. The van der Waals surface area contributed by atoms with Crippen LogP contribution in [0.2, 0.25) is 10.0 Å². The maximum Gasteiger partial charge on any atom is 0.326 e. The molecular formula is C19H21Cl2NO4S. The molecule has 0 amide bonds. The summed E-state index contributed by atoms with van der Waals surface area (Å²) >= 11 is 11.9. The van der Waals surface area contributed by atoms with Gasteiger partial charge in [-0.15, -0.1) is 0 Å². The van der Waals surface area contributed by atoms with E-state index < -0.39 is 22.5 Å². The SMILES string of the molecule is CCOC(=O)CN(c1c(C)cc(C)cc1C)S(=O)(=O)c1ccc(Cl)c(Cl)c1. The number of nitrogens with zero attached hydrogens (tertiary/aromatic N) is 1. The van der Waals surface area contributed by atoms with Crippen LogP contribution in [0.3, 0.4) is 0 Å². The Balaban J connectivity index is 2.65. The largest absolute Gasteiger partial charge is 0.465 e. The van der Waals surface area contributed by atoms with Gasteiger partial charge in [-0.3, -0.25) is 9.10 Å². The highest BCUT2D eigenvalue weighted by molar-refractivity contribution is 7.92. The molecule has 0 heterocycles. The van der Waals surface area contributed by atoms with E-state index in [-0.39, 0.29) is 21.5 Å². The lowest BCUT2D eigenvalue weighted by Gasteiger charge is -2.27. The minimum atomic E-state index is -4.08. The van der Waals surface area contributed by atoms with Crippen LogP contribution >= 0.6 is 23.2 Å². The van der Waals surface area contributed by atoms with Gasteiger partial charge in [-0.25, -0.2) is 8.42 Å². The predicted octanol–water partition coefficient (Wildman–Crippen LogP) is 4.68. The number of benzene rings is 2. The summed E-state index contributed by atoms with van der Waals surface area (Å²) in [4.78, 5) is 12.1. The first-order chi connectivity index (χ1) is 12.6. The van der Waals surface area contributed by atoms with Crippen molar-refractivity contribution in [2.24, 2.45) is 0 Å². The number of hydrogen-bond acceptors (Lipinski definition) is 4. The van der Waals surface area contributed by atoms with Crippen molar-refractivity contribution in [3.63, 3.8) is 0 Å². The van der Waals surface area contributed by atoms with Crippen LogP contribution in [0.25, 0.3) is 0 Å². The van der Waals surface area contributed by atoms with Crippen molar-refractivity contribution < 1.29 is 17.9 Å². The fourth-order valence-corrected chi connectivity index (χ4v) is 4.87. The van der Waals surface area contributed by atoms with Crippen LogP contribution in [0.4, 0.5) is 5.69 Å². The van der Waals surface area contributed by atoms with E-state index >= 15 is 0 Å². The third-order valence-corrected chi connectivity index (χ3v) is 6.42. The van der Waals surface area contributed by atoms with Crippen LogP contribution < -0.4 is 4.31 Å². The molecule has 2 aromatic rings. The highest BCUT2D eigenvalue weighted by Gasteiger charge is 2.30. The van der Waals surface area contributed by atoms with Gasteiger partial charge in [0, 0.05) is 0 Å². The van der Waals surface area contributed by atoms with Gasteiger partial charge >= 0.3 is 5.97 Å². The number of rotatable bonds is 6. The average Bonchev–Trinajstić information content (AvgIpc) is 2.55. The first-order valence-electron chi connectivity index (χ1n) is 8.29. The van der Waals surface area contributed by atoms with Crippen LogP contribution in [0.1, 0.15) is 23.6 Å². The Morgan fingerprint density at radius 2 is 1.63 bits per heavy atom. The Morgan fingerprint density at radius 1 is 1.04 bits per heavy atom. The first kappa shape index (κ1) is 21.5. The molecule has 0 saturated carbocycles. The highest BCUT2D eigenvalue weighted by Crippen LogP contribution is 2.33. The standard InChI is InChI=1S/C19H21Cl2NO4S/c1-5-26-18(23)11-22(19-13(3)8-12(2)9-14(19)4)27(24,25)15-6-7-16(20)17(21)10-15/h6-10H,5,11H2,1-4H3. The van der Waals surface area contributed by atoms with Gasteiger partial charge in [-0.1, -0.05) is 40.9 Å². The van der Waals surface area contributed by atoms with Crippen molar-refractivity contribution in [3.05, 3.63) is 57.1 Å². The van der Waals surface area contributed by atoms with Gasteiger partial charge < -0.3 is 4.74 Å². The zero-order chi connectivity index (χ0) is 20.4. The molecule has 0 atom stereocenters. The van der Waals surface area contributed by atoms with Gasteiger partial charge in [0.15, 0.2) is 0 Å². The van der Waals surface area contributed by atoms with Crippen LogP contribution in [-0.2, 0) is 19.6 Å². The number of anilines is 1. The molecule has 5 nitrogen and oxygen atoms in total. The summed E-state index contributed by atoms with van der Waals surface area (Å²) < 4.78 is 32.7. The molecule has 0 unspecified atom stereocenters. The Morgan fingerprint density at radius 3 is 2.15 bits per heavy atom. The molecule has 0 spiro atoms. The van der Waals surface area contributed by atoms with E-state index in [0.717, 1.165) is 21.0 Å². The van der Waals surface area contributed by atoms with E-state index in [0.29, 0.717) is 5.69 Å². The zero-order valence-corrected chi connectivity index (χ0v) is 17.9. The third-order valence-electron chi connectivity index (χ3n) is 3.94. The molecule has 2 aromatic carbocycles. The zero-order valence-electron chi connectivity index (χ0n) is 15.5. The van der Waals surface area contributed by atoms with Gasteiger partial charge in [0.2, 0.25) is 0 Å². The summed E-state index contributed by atoms with van der Waals surface area (Å²) in [5.74, 6) is -0.638. The van der Waals surface area contributed by atoms with E-state index in [1.807, 2.05) is 19.1 Å². The highest BCUT2D eigenvalue weighted by atomic mass is 35.5. The minimum absolute atomic E-state index is 0.0550. The van der Waals surface area contributed by atoms with Crippen molar-refractivity contribution in [1.29, 1.82) is 0 Å². The molecule has 0 radical (unpaired) electrons. The number of carbonyl (C=O) groups is 1. The quantitative estimate of drug-likeness (QED) is 0.625. The minimum Gasteiger partial charge on any atom is -0.465 e. The van der Waals surface area contributed by atoms with Crippen molar-refractivity contribution in [1.82, 2.24) is 0 Å². The first-order valence-corrected chi connectivity index (χ1v) is 10.5. The molecule has 146 valence electrons. The Bertz CT molecular complexity index is 951. The lowest BCUT2D eigenvalue weighted by Crippen LogP contribution is -2.37. The van der Waals surface area contributed by atoms with Crippen LogP contribution in [0, 0.1) is 20.8 Å². The molecule has 0 aromatic heterocycles. The van der Waals surface area contributed by atoms with Crippen LogP contribution in [0.5, 0.6) is 0 Å². The number of hydrogen-bond donors (Lipinski definition) is 0. The number of carbonyl (C=O) groups excluding carboxylic acids is 1. The summed E-state index contributed by atoms with van der Waals surface area (Å²) in [6.07, 6.45) is 0. The van der Waals surface area contributed by atoms with E-state index in [9.17, 15) is 13.2 Å². The van der Waals surface area contributed by atoms with Gasteiger partial charge in [0.1, 0.15) is 6.54 Å². The van der Waals surface area contributed by atoms with E-state index in [1.54, 1.807) is 20.8 Å². The van der Waals surface area contributed by atoms with Crippen molar-refractivity contribution in [3.8, 4) is 0 Å². The lowest BCUT2D eigenvalue weighted by molar-refractivity contribution is -0.141. The maximum atomic E-state index is 13.3. The Kier molecular flexibility index (Phi) is 6.78. The number of halogens is 2. The molecule has 8 heteroatoms. The Hall–Kier alpha value is -1.76. The second-order valence-corrected chi connectivity index (χ2v) is 8.82. The molecule has 2 rings (SSSR count). The molecule has 0 aliphatic carbocycles. The molecule has 0 aliphatic heterocycles. The summed E-state index contributed by atoms with van der Waals surface area (Å²) in [6, 6.07) is 7.78. The summed E-state index contributed by atoms with van der Waals surface area (Å²) in [5.41, 5.74) is 2.91. The molecule has 0 saturated heterocycles. The normalized spacial score (nSPS) is 11.3. The van der Waals surface area contributed by atoms with Gasteiger partial charge in [-0.05, 0) is 57.0 Å². The summed E-state index contributed by atoms with van der Waals surface area (Å²) in [5, 5.41) is 0.362. The average molecular weight is 430 g/mol. The fraction of sp³-hybridized carbons (Fsp3) is 0.316. The monoisotopic (exact) mass is 429 g/mol. The van der Waals surface area contributed by atoms with Gasteiger partial charge in [0.05, 0.1) is 27.2 Å². The molecule has 0 bridgehead atoms. The maximum absolute atomic E-state index is 13.3. The van der Waals surface area contributed by atoms with Crippen molar-refractivity contribution in [2.45, 2.75) is 32.6 Å². The van der Waals surface area contributed by atoms with E-state index in [2.05, 4.69) is 0 Å². The smallest absolute Gasteiger partial charge is 0.326 e. The Labute approximate surface area is 169 Å². The van der Waals surface area contributed by atoms with Crippen LogP contribution in [-0.4, -0.2) is 27.5 Å². The van der Waals surface area contributed by atoms with Crippen molar-refractivity contribution >= 4 is 44.9 Å². The van der Waals surface area contributed by atoms with Crippen molar-refractivity contribution in [2.75, 3.05) is 17.5 Å². The number of aryl methyl sites for hydroxylation is 3. The summed E-state index contributed by atoms with van der Waals surface area (Å²) in [7, 11) is -4.08. The van der Waals surface area contributed by atoms with Gasteiger partial charge in [0.25, 0.3) is 10.0 Å². The number of ether oxygens (including phenoxy) is 1. The number of sulfonamides is 1. The second-order valence-electron chi connectivity index (χ2n) is 6.14. The predicted molar refractivity (Wildman–Crippen MR) is 108 cm³/mol. The van der Waals surface area contributed by atoms with E-state index in [1.165, 1.54) is 18.2 Å². The molecule has 27 heavy (non-hydrogen) atoms. The van der Waals surface area contributed by atoms with Crippen LogP contribution in [0.15, 0.2) is 35.2 Å². The van der Waals surface area contributed by atoms with E-state index in [4.69, 9.17) is 27.9 Å². The molecule has 0 aliphatic rings. The molecule has 0 fully saturated rings. The third kappa shape index (κ3) is 4.75. The summed E-state index contributed by atoms with van der Waals surface area (Å²) in [6.45, 7) is 6.91. The molecule has 0 N–H and O–H groups in total. The lowest BCUT2D eigenvalue weighted by atomic mass is 10.1. The second kappa shape index (κ2) is 8.50.